The van der Waals surface area contributed by atoms with Crippen molar-refractivity contribution in [1.29, 1.82) is 0 Å². The Bertz CT molecular complexity index is 232. The van der Waals surface area contributed by atoms with Gasteiger partial charge in [0.25, 0.3) is 0 Å². The third kappa shape index (κ3) is 2.80. The molecule has 0 atom stereocenters. The van der Waals surface area contributed by atoms with Gasteiger partial charge in [0, 0.05) is 0 Å². The number of hydrogen-bond acceptors (Lipinski definition) is 5. The van der Waals surface area contributed by atoms with Gasteiger partial charge in [-0.15, -0.1) is 0 Å². The van der Waals surface area contributed by atoms with Crippen molar-refractivity contribution in [2.75, 3.05) is 26.3 Å². The van der Waals surface area contributed by atoms with Crippen LogP contribution in [0.25, 0.3) is 0 Å². The number of nitrogens with two attached hydrogens (primary N) is 1. The van der Waals surface area contributed by atoms with Crippen molar-refractivity contribution in [2.24, 2.45) is 5.73 Å². The molecule has 1 heterocycles. The van der Waals surface area contributed by atoms with E-state index in [-0.39, 0.29) is 0 Å². The smallest absolute Gasteiger partial charge is 0.317 e. The fraction of sp³-hybridized carbons (Fsp3) is 1.00. The van der Waals surface area contributed by atoms with Crippen molar-refractivity contribution in [3.63, 3.8) is 0 Å². The SMILES string of the molecule is CCOP(=O)(OCC)C1(N)CCNCC1. The largest absolute Gasteiger partial charge is 0.350 e. The van der Waals surface area contributed by atoms with Crippen LogP contribution in [-0.4, -0.2) is 31.6 Å². The lowest BCUT2D eigenvalue weighted by atomic mass is 10.1. The van der Waals surface area contributed by atoms with E-state index in [1.807, 2.05) is 0 Å². The molecule has 15 heavy (non-hydrogen) atoms. The van der Waals surface area contributed by atoms with Crippen molar-refractivity contribution in [2.45, 2.75) is 32.0 Å². The van der Waals surface area contributed by atoms with Gasteiger partial charge in [0.05, 0.1) is 13.2 Å². The highest BCUT2D eigenvalue weighted by Crippen LogP contribution is 2.60. The summed E-state index contributed by atoms with van der Waals surface area (Å²) in [6.07, 6.45) is 1.26. The first-order valence-corrected chi connectivity index (χ1v) is 7.01. The van der Waals surface area contributed by atoms with E-state index in [0.717, 1.165) is 13.1 Å². The van der Waals surface area contributed by atoms with Gasteiger partial charge in [-0.05, 0) is 39.8 Å². The van der Waals surface area contributed by atoms with Crippen molar-refractivity contribution >= 4 is 7.60 Å². The Labute approximate surface area is 91.2 Å². The summed E-state index contributed by atoms with van der Waals surface area (Å²) in [6.45, 7) is 5.86. The summed E-state index contributed by atoms with van der Waals surface area (Å²) in [7, 11) is -3.17. The minimum atomic E-state index is -3.17. The van der Waals surface area contributed by atoms with E-state index >= 15 is 0 Å². The minimum absolute atomic E-state index is 0.365. The van der Waals surface area contributed by atoms with Gasteiger partial charge in [-0.3, -0.25) is 4.57 Å². The molecule has 0 aromatic heterocycles. The Morgan fingerprint density at radius 3 is 2.13 bits per heavy atom. The van der Waals surface area contributed by atoms with Crippen LogP contribution in [0.4, 0.5) is 0 Å². The van der Waals surface area contributed by atoms with Crippen LogP contribution < -0.4 is 11.1 Å². The standard InChI is InChI=1S/C9H21N2O3P/c1-3-13-15(12,14-4-2)9(10)5-7-11-8-6-9/h11H,3-8,10H2,1-2H3. The Balaban J connectivity index is 2.80. The van der Waals surface area contributed by atoms with Crippen LogP contribution >= 0.6 is 7.60 Å². The first-order valence-electron chi connectivity index (χ1n) is 5.47. The average Bonchev–Trinajstić information content (AvgIpc) is 2.19. The van der Waals surface area contributed by atoms with Crippen molar-refractivity contribution in [3.8, 4) is 0 Å². The normalized spacial score (nSPS) is 21.5. The summed E-state index contributed by atoms with van der Waals surface area (Å²) in [6, 6.07) is 0. The fourth-order valence-electron chi connectivity index (χ4n) is 1.77. The summed E-state index contributed by atoms with van der Waals surface area (Å²) in [5.41, 5.74) is 6.16. The summed E-state index contributed by atoms with van der Waals surface area (Å²) >= 11 is 0. The summed E-state index contributed by atoms with van der Waals surface area (Å²) in [5.74, 6) is 0. The van der Waals surface area contributed by atoms with Crippen LogP contribution in [0.5, 0.6) is 0 Å². The van der Waals surface area contributed by atoms with Gasteiger partial charge >= 0.3 is 7.60 Å². The molecule has 0 spiro atoms. The van der Waals surface area contributed by atoms with E-state index in [0.29, 0.717) is 26.1 Å². The lowest BCUT2D eigenvalue weighted by Gasteiger charge is -2.38. The molecule has 0 unspecified atom stereocenters. The molecule has 1 aliphatic heterocycles. The molecule has 0 aromatic carbocycles. The second-order valence-electron chi connectivity index (χ2n) is 3.69. The Morgan fingerprint density at radius 2 is 1.73 bits per heavy atom. The number of hydrogen-bond donors (Lipinski definition) is 2. The molecule has 0 aliphatic carbocycles. The topological polar surface area (TPSA) is 73.6 Å². The molecular formula is C9H21N2O3P. The highest BCUT2D eigenvalue weighted by Gasteiger charge is 2.48. The van der Waals surface area contributed by atoms with Crippen LogP contribution in [0, 0.1) is 0 Å². The number of nitrogens with one attached hydrogen (secondary N) is 1. The third-order valence-electron chi connectivity index (χ3n) is 2.61. The zero-order valence-electron chi connectivity index (χ0n) is 9.49. The average molecular weight is 236 g/mol. The van der Waals surface area contributed by atoms with Crippen molar-refractivity contribution in [3.05, 3.63) is 0 Å². The van der Waals surface area contributed by atoms with Gasteiger partial charge in [0.2, 0.25) is 0 Å². The molecule has 1 saturated heterocycles. The molecule has 5 nitrogen and oxygen atoms in total. The minimum Gasteiger partial charge on any atom is -0.317 e. The predicted molar refractivity (Wildman–Crippen MR) is 59.9 cm³/mol. The van der Waals surface area contributed by atoms with Gasteiger partial charge in [-0.1, -0.05) is 0 Å². The Morgan fingerprint density at radius 1 is 1.27 bits per heavy atom. The molecule has 6 heteroatoms. The van der Waals surface area contributed by atoms with Crippen LogP contribution in [0.2, 0.25) is 0 Å². The van der Waals surface area contributed by atoms with Crippen LogP contribution in [-0.2, 0) is 13.6 Å². The zero-order chi connectivity index (χ0) is 11.4. The van der Waals surface area contributed by atoms with Gasteiger partial charge < -0.3 is 20.1 Å². The maximum Gasteiger partial charge on any atom is 0.350 e. The summed E-state index contributed by atoms with van der Waals surface area (Å²) in [5, 5.41) is 2.37. The second kappa shape index (κ2) is 5.41. The van der Waals surface area contributed by atoms with Gasteiger partial charge in [-0.2, -0.15) is 0 Å². The molecule has 0 aromatic rings. The monoisotopic (exact) mass is 236 g/mol. The zero-order valence-corrected chi connectivity index (χ0v) is 10.4. The lowest BCUT2D eigenvalue weighted by Crippen LogP contribution is -2.49. The molecule has 1 fully saturated rings. The first kappa shape index (κ1) is 13.1. The molecular weight excluding hydrogens is 215 g/mol. The van der Waals surface area contributed by atoms with Crippen molar-refractivity contribution < 1.29 is 13.6 Å². The van der Waals surface area contributed by atoms with E-state index in [9.17, 15) is 4.57 Å². The van der Waals surface area contributed by atoms with E-state index in [4.69, 9.17) is 14.8 Å². The maximum absolute atomic E-state index is 12.5. The molecule has 90 valence electrons. The van der Waals surface area contributed by atoms with Crippen LogP contribution in [0.3, 0.4) is 0 Å². The molecule has 0 saturated carbocycles. The summed E-state index contributed by atoms with van der Waals surface area (Å²) < 4.78 is 23.1. The summed E-state index contributed by atoms with van der Waals surface area (Å²) in [4.78, 5) is 0. The van der Waals surface area contributed by atoms with Crippen LogP contribution in [0.1, 0.15) is 26.7 Å². The van der Waals surface area contributed by atoms with E-state index in [2.05, 4.69) is 5.32 Å². The molecule has 1 rings (SSSR count). The van der Waals surface area contributed by atoms with Gasteiger partial charge in [0.1, 0.15) is 5.28 Å². The molecule has 0 amide bonds. The van der Waals surface area contributed by atoms with Crippen LogP contribution in [0.15, 0.2) is 0 Å². The van der Waals surface area contributed by atoms with Crippen molar-refractivity contribution in [1.82, 2.24) is 5.32 Å². The number of rotatable bonds is 5. The molecule has 0 bridgehead atoms. The highest BCUT2D eigenvalue weighted by molar-refractivity contribution is 7.55. The highest BCUT2D eigenvalue weighted by atomic mass is 31.2. The number of piperidine rings is 1. The Kier molecular flexibility index (Phi) is 4.74. The maximum atomic E-state index is 12.5. The first-order chi connectivity index (χ1) is 7.08. The second-order valence-corrected chi connectivity index (χ2v) is 6.09. The third-order valence-corrected chi connectivity index (χ3v) is 5.35. The Hall–Kier alpha value is 0.0700. The predicted octanol–water partition coefficient (Wildman–Crippen LogP) is 1.29. The molecule has 1 aliphatic rings. The van der Waals surface area contributed by atoms with E-state index < -0.39 is 12.9 Å². The van der Waals surface area contributed by atoms with E-state index in [1.165, 1.54) is 0 Å². The van der Waals surface area contributed by atoms with E-state index in [1.54, 1.807) is 13.8 Å². The van der Waals surface area contributed by atoms with Gasteiger partial charge in [-0.25, -0.2) is 0 Å². The van der Waals surface area contributed by atoms with Gasteiger partial charge in [0.15, 0.2) is 0 Å². The molecule has 3 N–H and O–H groups in total. The molecule has 0 radical (unpaired) electrons. The lowest BCUT2D eigenvalue weighted by molar-refractivity contribution is 0.184. The quantitative estimate of drug-likeness (QED) is 0.704. The fourth-order valence-corrected chi connectivity index (χ4v) is 3.81.